The molecule has 29 heavy (non-hydrogen) atoms. The average Bonchev–Trinajstić information content (AvgIpc) is 2.67. The maximum absolute atomic E-state index is 12.3. The van der Waals surface area contributed by atoms with Crippen molar-refractivity contribution in [1.29, 1.82) is 0 Å². The molecule has 1 atom stereocenters. The van der Waals surface area contributed by atoms with Crippen LogP contribution in [-0.2, 0) is 20.9 Å². The standard InChI is InChI=1S/C22H25ClN2O4/c1-14-9-10-17(15(2)11-14)12-25(4)20(26)13-29-22(28)16(3)24-21(27)18-7-5-6-8-19(18)23/h5-11,16H,12-13H2,1-4H3,(H,24,27)/t16-/m0/s1. The number of carbonyl (C=O) groups is 3. The van der Waals surface area contributed by atoms with E-state index in [0.29, 0.717) is 6.54 Å². The molecule has 2 aromatic carbocycles. The predicted molar refractivity (Wildman–Crippen MR) is 112 cm³/mol. The molecule has 0 aliphatic carbocycles. The van der Waals surface area contributed by atoms with E-state index in [0.717, 1.165) is 16.7 Å². The summed E-state index contributed by atoms with van der Waals surface area (Å²) in [5.74, 6) is -1.51. The number of esters is 1. The van der Waals surface area contributed by atoms with Gasteiger partial charge in [0.05, 0.1) is 10.6 Å². The summed E-state index contributed by atoms with van der Waals surface area (Å²) in [6, 6.07) is 11.6. The first-order valence-corrected chi connectivity index (χ1v) is 9.59. The van der Waals surface area contributed by atoms with Crippen molar-refractivity contribution >= 4 is 29.4 Å². The number of amides is 2. The largest absolute Gasteiger partial charge is 0.454 e. The maximum Gasteiger partial charge on any atom is 0.328 e. The van der Waals surface area contributed by atoms with Gasteiger partial charge in [-0.25, -0.2) is 4.79 Å². The first-order valence-electron chi connectivity index (χ1n) is 9.21. The van der Waals surface area contributed by atoms with Gasteiger partial charge in [-0.3, -0.25) is 9.59 Å². The normalized spacial score (nSPS) is 11.5. The fraction of sp³-hybridized carbons (Fsp3) is 0.318. The van der Waals surface area contributed by atoms with E-state index in [9.17, 15) is 14.4 Å². The van der Waals surface area contributed by atoms with Crippen molar-refractivity contribution < 1.29 is 19.1 Å². The highest BCUT2D eigenvalue weighted by atomic mass is 35.5. The first kappa shape index (κ1) is 22.4. The van der Waals surface area contributed by atoms with Gasteiger partial charge in [-0.2, -0.15) is 0 Å². The zero-order chi connectivity index (χ0) is 21.6. The van der Waals surface area contributed by atoms with Crippen LogP contribution in [-0.4, -0.2) is 42.4 Å². The number of halogens is 1. The minimum Gasteiger partial charge on any atom is -0.454 e. The minimum atomic E-state index is -0.920. The molecule has 7 heteroatoms. The van der Waals surface area contributed by atoms with Crippen LogP contribution in [0.5, 0.6) is 0 Å². The van der Waals surface area contributed by atoms with Gasteiger partial charge in [0.1, 0.15) is 6.04 Å². The van der Waals surface area contributed by atoms with E-state index in [1.807, 2.05) is 26.0 Å². The van der Waals surface area contributed by atoms with Gasteiger partial charge in [0.15, 0.2) is 6.61 Å². The summed E-state index contributed by atoms with van der Waals surface area (Å²) in [5.41, 5.74) is 3.54. The van der Waals surface area contributed by atoms with Crippen LogP contribution in [0.3, 0.4) is 0 Å². The molecule has 2 rings (SSSR count). The summed E-state index contributed by atoms with van der Waals surface area (Å²) in [6.07, 6.45) is 0. The van der Waals surface area contributed by atoms with Crippen LogP contribution in [0.15, 0.2) is 42.5 Å². The van der Waals surface area contributed by atoms with E-state index in [-0.39, 0.29) is 16.5 Å². The van der Waals surface area contributed by atoms with Crippen LogP contribution < -0.4 is 5.32 Å². The van der Waals surface area contributed by atoms with Gasteiger partial charge in [-0.1, -0.05) is 47.5 Å². The second kappa shape index (κ2) is 10.1. The summed E-state index contributed by atoms with van der Waals surface area (Å²) in [4.78, 5) is 38.1. The Balaban J connectivity index is 1.84. The number of aryl methyl sites for hydroxylation is 2. The Kier molecular flexibility index (Phi) is 7.79. The molecular formula is C22H25ClN2O4. The van der Waals surface area contributed by atoms with E-state index in [2.05, 4.69) is 11.4 Å². The Bertz CT molecular complexity index is 913. The fourth-order valence-corrected chi connectivity index (χ4v) is 2.94. The van der Waals surface area contributed by atoms with Crippen molar-refractivity contribution in [2.24, 2.45) is 0 Å². The fourth-order valence-electron chi connectivity index (χ4n) is 2.71. The molecule has 0 heterocycles. The number of hydrogen-bond donors (Lipinski definition) is 1. The number of rotatable bonds is 7. The third-order valence-electron chi connectivity index (χ3n) is 4.49. The van der Waals surface area contributed by atoms with Crippen LogP contribution in [0, 0.1) is 13.8 Å². The Hall–Kier alpha value is -2.86. The van der Waals surface area contributed by atoms with Crippen molar-refractivity contribution in [2.45, 2.75) is 33.4 Å². The number of hydrogen-bond acceptors (Lipinski definition) is 4. The molecule has 6 nitrogen and oxygen atoms in total. The molecule has 0 bridgehead atoms. The molecule has 0 saturated heterocycles. The summed E-state index contributed by atoms with van der Waals surface area (Å²) in [5, 5.41) is 2.81. The van der Waals surface area contributed by atoms with Gasteiger partial charge in [-0.15, -0.1) is 0 Å². The average molecular weight is 417 g/mol. The highest BCUT2D eigenvalue weighted by molar-refractivity contribution is 6.33. The molecule has 0 aliphatic heterocycles. The number of carbonyl (C=O) groups excluding carboxylic acids is 3. The zero-order valence-corrected chi connectivity index (χ0v) is 17.7. The monoisotopic (exact) mass is 416 g/mol. The third-order valence-corrected chi connectivity index (χ3v) is 4.82. The summed E-state index contributed by atoms with van der Waals surface area (Å²) in [7, 11) is 1.65. The summed E-state index contributed by atoms with van der Waals surface area (Å²) < 4.78 is 5.06. The van der Waals surface area contributed by atoms with Crippen molar-refractivity contribution in [3.63, 3.8) is 0 Å². The lowest BCUT2D eigenvalue weighted by molar-refractivity contribution is -0.153. The van der Waals surface area contributed by atoms with Crippen LogP contribution in [0.2, 0.25) is 5.02 Å². The van der Waals surface area contributed by atoms with E-state index < -0.39 is 24.5 Å². The maximum atomic E-state index is 12.3. The smallest absolute Gasteiger partial charge is 0.328 e. The van der Waals surface area contributed by atoms with Crippen molar-refractivity contribution in [3.8, 4) is 0 Å². The van der Waals surface area contributed by atoms with E-state index >= 15 is 0 Å². The Morgan fingerprint density at radius 2 is 1.83 bits per heavy atom. The molecule has 0 radical (unpaired) electrons. The topological polar surface area (TPSA) is 75.7 Å². The molecule has 0 fully saturated rings. The van der Waals surface area contributed by atoms with Gasteiger partial charge in [0.2, 0.25) is 0 Å². The lowest BCUT2D eigenvalue weighted by Gasteiger charge is -2.19. The second-order valence-corrected chi connectivity index (χ2v) is 7.37. The molecular weight excluding hydrogens is 392 g/mol. The highest BCUT2D eigenvalue weighted by Crippen LogP contribution is 2.15. The molecule has 0 aromatic heterocycles. The number of nitrogens with one attached hydrogen (secondary N) is 1. The van der Waals surface area contributed by atoms with Gasteiger partial charge >= 0.3 is 5.97 Å². The third kappa shape index (κ3) is 6.32. The molecule has 154 valence electrons. The van der Waals surface area contributed by atoms with Crippen LogP contribution in [0.1, 0.15) is 34.0 Å². The van der Waals surface area contributed by atoms with Crippen LogP contribution >= 0.6 is 11.6 Å². The SMILES string of the molecule is Cc1ccc(CN(C)C(=O)COC(=O)[C@H](C)NC(=O)c2ccccc2Cl)c(C)c1. The number of ether oxygens (including phenoxy) is 1. The van der Waals surface area contributed by atoms with Gasteiger partial charge in [0.25, 0.3) is 11.8 Å². The van der Waals surface area contributed by atoms with Gasteiger partial charge in [0, 0.05) is 13.6 Å². The molecule has 1 N–H and O–H groups in total. The number of likely N-dealkylation sites (N-methyl/N-ethyl adjacent to an activating group) is 1. The second-order valence-electron chi connectivity index (χ2n) is 6.96. The minimum absolute atomic E-state index is 0.262. The first-order chi connectivity index (χ1) is 13.7. The Morgan fingerprint density at radius 1 is 1.14 bits per heavy atom. The van der Waals surface area contributed by atoms with Gasteiger partial charge in [-0.05, 0) is 44.0 Å². The van der Waals surface area contributed by atoms with Crippen molar-refractivity contribution in [1.82, 2.24) is 10.2 Å². The molecule has 0 spiro atoms. The van der Waals surface area contributed by atoms with E-state index in [1.54, 1.807) is 31.3 Å². The van der Waals surface area contributed by atoms with E-state index in [1.165, 1.54) is 11.8 Å². The summed E-state index contributed by atoms with van der Waals surface area (Å²) >= 11 is 5.98. The number of nitrogens with zero attached hydrogens (tertiary/aromatic N) is 1. The molecule has 2 aromatic rings. The highest BCUT2D eigenvalue weighted by Gasteiger charge is 2.21. The van der Waals surface area contributed by atoms with Crippen molar-refractivity contribution in [2.75, 3.05) is 13.7 Å². The van der Waals surface area contributed by atoms with Crippen molar-refractivity contribution in [3.05, 3.63) is 69.7 Å². The molecule has 0 aliphatic rings. The predicted octanol–water partition coefficient (Wildman–Crippen LogP) is 3.28. The summed E-state index contributed by atoms with van der Waals surface area (Å²) in [6.45, 7) is 5.51. The van der Waals surface area contributed by atoms with Crippen LogP contribution in [0.4, 0.5) is 0 Å². The Labute approximate surface area is 175 Å². The lowest BCUT2D eigenvalue weighted by Crippen LogP contribution is -2.41. The van der Waals surface area contributed by atoms with E-state index in [4.69, 9.17) is 16.3 Å². The number of benzene rings is 2. The van der Waals surface area contributed by atoms with Gasteiger partial charge < -0.3 is 15.0 Å². The lowest BCUT2D eigenvalue weighted by atomic mass is 10.1. The van der Waals surface area contributed by atoms with Crippen LogP contribution in [0.25, 0.3) is 0 Å². The Morgan fingerprint density at radius 3 is 2.48 bits per heavy atom. The zero-order valence-electron chi connectivity index (χ0n) is 17.0. The molecule has 2 amide bonds. The molecule has 0 unspecified atom stereocenters. The quantitative estimate of drug-likeness (QED) is 0.703. The molecule has 0 saturated carbocycles.